The minimum Gasteiger partial charge on any atom is -0.492 e. The first-order valence-electron chi connectivity index (χ1n) is 7.12. The lowest BCUT2D eigenvalue weighted by Gasteiger charge is -2.37. The van der Waals surface area contributed by atoms with E-state index in [2.05, 4.69) is 27.2 Å². The van der Waals surface area contributed by atoms with E-state index in [0.29, 0.717) is 24.0 Å². The third kappa shape index (κ3) is 4.00. The van der Waals surface area contributed by atoms with Gasteiger partial charge in [0.1, 0.15) is 11.4 Å². The highest BCUT2D eigenvalue weighted by molar-refractivity contribution is 9.09. The van der Waals surface area contributed by atoms with E-state index in [9.17, 15) is 18.3 Å². The predicted molar refractivity (Wildman–Crippen MR) is 84.7 cm³/mol. The summed E-state index contributed by atoms with van der Waals surface area (Å²) in [6, 6.07) is 3.83. The van der Waals surface area contributed by atoms with Gasteiger partial charge in [-0.05, 0) is 24.2 Å². The Bertz CT molecular complexity index is 600. The Morgan fingerprint density at radius 1 is 1.48 bits per heavy atom. The van der Waals surface area contributed by atoms with Crippen LogP contribution in [0.2, 0.25) is 0 Å². The van der Waals surface area contributed by atoms with Crippen LogP contribution in [-0.4, -0.2) is 35.7 Å². The van der Waals surface area contributed by atoms with Crippen LogP contribution in [0, 0.1) is 12.3 Å². The van der Waals surface area contributed by atoms with E-state index in [1.165, 1.54) is 12.1 Å². The zero-order valence-corrected chi connectivity index (χ0v) is 13.9. The van der Waals surface area contributed by atoms with E-state index in [-0.39, 0.29) is 18.8 Å². The fourth-order valence-electron chi connectivity index (χ4n) is 2.70. The van der Waals surface area contributed by atoms with Gasteiger partial charge in [0, 0.05) is 24.2 Å². The van der Waals surface area contributed by atoms with E-state index >= 15 is 0 Å². The van der Waals surface area contributed by atoms with Crippen LogP contribution in [0.3, 0.4) is 0 Å². The highest BCUT2D eigenvalue weighted by Gasteiger charge is 2.40. The molecule has 0 radical (unpaired) electrons. The molecule has 2 rings (SSSR count). The van der Waals surface area contributed by atoms with Gasteiger partial charge in [-0.3, -0.25) is 0 Å². The van der Waals surface area contributed by atoms with E-state index in [1.807, 2.05) is 0 Å². The number of benzene rings is 1. The molecule has 1 aromatic rings. The van der Waals surface area contributed by atoms with Gasteiger partial charge in [0.25, 0.3) is 0 Å². The number of halogens is 4. The van der Waals surface area contributed by atoms with Crippen LogP contribution in [0.1, 0.15) is 23.5 Å². The quantitative estimate of drug-likeness (QED) is 0.612. The molecule has 0 spiro atoms. The summed E-state index contributed by atoms with van der Waals surface area (Å²) in [7, 11) is 0. The summed E-state index contributed by atoms with van der Waals surface area (Å²) >= 11 is 3.11. The van der Waals surface area contributed by atoms with Crippen molar-refractivity contribution in [2.24, 2.45) is 0 Å². The normalized spacial score (nSPS) is 25.0. The van der Waals surface area contributed by atoms with E-state index in [1.54, 1.807) is 0 Å². The molecular formula is C16H17BrF3NO2. The lowest BCUT2D eigenvalue weighted by atomic mass is 9.77. The molecule has 3 nitrogen and oxygen atoms in total. The summed E-state index contributed by atoms with van der Waals surface area (Å²) in [5.41, 5.74) is -1.97. The van der Waals surface area contributed by atoms with Crippen LogP contribution in [-0.2, 0) is 6.18 Å². The Morgan fingerprint density at radius 2 is 2.22 bits per heavy atom. The van der Waals surface area contributed by atoms with Crippen molar-refractivity contribution in [1.82, 2.24) is 5.32 Å². The highest BCUT2D eigenvalue weighted by Crippen LogP contribution is 2.40. The van der Waals surface area contributed by atoms with Crippen molar-refractivity contribution in [1.29, 1.82) is 0 Å². The summed E-state index contributed by atoms with van der Waals surface area (Å²) in [6.45, 7) is 0.969. The van der Waals surface area contributed by atoms with Crippen LogP contribution in [0.15, 0.2) is 18.2 Å². The fraction of sp³-hybridized carbons (Fsp3) is 0.500. The van der Waals surface area contributed by atoms with Gasteiger partial charge in [-0.25, -0.2) is 0 Å². The van der Waals surface area contributed by atoms with E-state index in [4.69, 9.17) is 11.2 Å². The summed E-state index contributed by atoms with van der Waals surface area (Å²) in [5.74, 6) is 1.50. The molecule has 2 unspecified atom stereocenters. The van der Waals surface area contributed by atoms with Crippen molar-refractivity contribution >= 4 is 15.9 Å². The number of piperidine rings is 1. The molecule has 1 aliphatic rings. The van der Waals surface area contributed by atoms with Gasteiger partial charge in [0.15, 0.2) is 0 Å². The second-order valence-electron chi connectivity index (χ2n) is 5.37. The number of terminal acetylenes is 1. The number of nitrogens with one attached hydrogen (secondary N) is 1. The topological polar surface area (TPSA) is 41.5 Å². The van der Waals surface area contributed by atoms with Gasteiger partial charge in [-0.1, -0.05) is 27.9 Å². The first-order valence-corrected chi connectivity index (χ1v) is 8.25. The summed E-state index contributed by atoms with van der Waals surface area (Å²) in [6.07, 6.45) is 1.15. The molecule has 1 fully saturated rings. The average Bonchev–Trinajstić information content (AvgIpc) is 2.52. The third-order valence-corrected chi connectivity index (χ3v) is 4.23. The standard InChI is InChI=1S/C16H17BrF3NO2/c1-2-15(22)5-7-21-10-13(15)11-3-4-14(23-8-6-17)12(9-11)16(18,19)20/h1,3-4,9,13,21-22H,5-8,10H2. The minimum atomic E-state index is -4.55. The molecule has 1 heterocycles. The van der Waals surface area contributed by atoms with Gasteiger partial charge in [-0.15, -0.1) is 6.42 Å². The third-order valence-electron chi connectivity index (χ3n) is 3.90. The average molecular weight is 392 g/mol. The van der Waals surface area contributed by atoms with E-state index < -0.39 is 23.3 Å². The molecule has 126 valence electrons. The SMILES string of the molecule is C#CC1(O)CCNCC1c1ccc(OCCBr)c(C(F)(F)F)c1. The molecule has 1 aromatic carbocycles. The molecule has 0 aromatic heterocycles. The maximum atomic E-state index is 13.3. The smallest absolute Gasteiger partial charge is 0.419 e. The monoisotopic (exact) mass is 391 g/mol. The van der Waals surface area contributed by atoms with Crippen molar-refractivity contribution < 1.29 is 23.0 Å². The molecule has 2 N–H and O–H groups in total. The fourth-order valence-corrected chi connectivity index (χ4v) is 2.86. The number of aliphatic hydroxyl groups is 1. The van der Waals surface area contributed by atoms with Crippen molar-refractivity contribution in [2.45, 2.75) is 24.1 Å². The molecule has 0 aliphatic carbocycles. The number of hydrogen-bond acceptors (Lipinski definition) is 3. The Kier molecular flexibility index (Phi) is 5.61. The van der Waals surface area contributed by atoms with Crippen molar-refractivity contribution in [2.75, 3.05) is 25.0 Å². The van der Waals surface area contributed by atoms with Gasteiger partial charge in [0.05, 0.1) is 12.2 Å². The van der Waals surface area contributed by atoms with Crippen LogP contribution >= 0.6 is 15.9 Å². The Balaban J connectivity index is 2.42. The van der Waals surface area contributed by atoms with Crippen molar-refractivity contribution in [3.8, 4) is 18.1 Å². The molecule has 1 saturated heterocycles. The molecule has 1 aliphatic heterocycles. The molecule has 0 bridgehead atoms. The van der Waals surface area contributed by atoms with Crippen LogP contribution in [0.5, 0.6) is 5.75 Å². The minimum absolute atomic E-state index is 0.127. The first kappa shape index (κ1) is 18.1. The number of rotatable bonds is 4. The van der Waals surface area contributed by atoms with Crippen LogP contribution in [0.4, 0.5) is 13.2 Å². The largest absolute Gasteiger partial charge is 0.492 e. The molecule has 7 heteroatoms. The zero-order chi connectivity index (χ0) is 17.1. The maximum absolute atomic E-state index is 13.3. The second kappa shape index (κ2) is 7.12. The van der Waals surface area contributed by atoms with Crippen LogP contribution < -0.4 is 10.1 Å². The van der Waals surface area contributed by atoms with Gasteiger partial charge in [0.2, 0.25) is 0 Å². The summed E-state index contributed by atoms with van der Waals surface area (Å²) < 4.78 is 45.0. The number of hydrogen-bond donors (Lipinski definition) is 2. The molecular weight excluding hydrogens is 375 g/mol. The lowest BCUT2D eigenvalue weighted by Crippen LogP contribution is -2.47. The Hall–Kier alpha value is -1.23. The van der Waals surface area contributed by atoms with Gasteiger partial charge in [-0.2, -0.15) is 13.2 Å². The highest BCUT2D eigenvalue weighted by atomic mass is 79.9. The van der Waals surface area contributed by atoms with Crippen molar-refractivity contribution in [3.63, 3.8) is 0 Å². The first-order chi connectivity index (χ1) is 10.8. The second-order valence-corrected chi connectivity index (χ2v) is 6.16. The van der Waals surface area contributed by atoms with E-state index in [0.717, 1.165) is 6.07 Å². The Labute approximate surface area is 141 Å². The van der Waals surface area contributed by atoms with Gasteiger partial charge < -0.3 is 15.2 Å². The predicted octanol–water partition coefficient (Wildman–Crippen LogP) is 2.92. The Morgan fingerprint density at radius 3 is 2.83 bits per heavy atom. The molecule has 0 saturated carbocycles. The molecule has 0 amide bonds. The summed E-state index contributed by atoms with van der Waals surface area (Å²) in [4.78, 5) is 0. The zero-order valence-electron chi connectivity index (χ0n) is 12.3. The van der Waals surface area contributed by atoms with Crippen molar-refractivity contribution in [3.05, 3.63) is 29.3 Å². The van der Waals surface area contributed by atoms with Gasteiger partial charge >= 0.3 is 6.18 Å². The van der Waals surface area contributed by atoms with Crippen LogP contribution in [0.25, 0.3) is 0 Å². The lowest BCUT2D eigenvalue weighted by molar-refractivity contribution is -0.139. The molecule has 23 heavy (non-hydrogen) atoms. The number of alkyl halides is 4. The molecule has 2 atom stereocenters. The summed E-state index contributed by atoms with van der Waals surface area (Å²) in [5, 5.41) is 14.0. The number of ether oxygens (including phenoxy) is 1. The maximum Gasteiger partial charge on any atom is 0.419 e.